The topological polar surface area (TPSA) is 30.9 Å². The molecular weight excluding hydrogens is 602 g/mol. The predicted octanol–water partition coefficient (Wildman–Crippen LogP) is 9.90. The van der Waals surface area contributed by atoms with E-state index in [2.05, 4.69) is 129 Å². The first-order chi connectivity index (χ1) is 23.8. The SMILES string of the molecule is COc1ccc2c3c4c5c(c2c1)OC(c1ccccc1)(c1ccc(N2CCOCC2)cc1)C=C5C1(C)CC(C)(C)CC4(C1)c1ccccc1-3. The number of anilines is 1. The third-order valence-corrected chi connectivity index (χ3v) is 12.4. The van der Waals surface area contributed by atoms with Crippen LogP contribution in [0.3, 0.4) is 0 Å². The van der Waals surface area contributed by atoms with Crippen LogP contribution in [0.2, 0.25) is 0 Å². The van der Waals surface area contributed by atoms with Gasteiger partial charge in [0.25, 0.3) is 0 Å². The molecule has 3 atom stereocenters. The fourth-order valence-corrected chi connectivity index (χ4v) is 11.0. The van der Waals surface area contributed by atoms with E-state index in [1.54, 1.807) is 7.11 Å². The zero-order chi connectivity index (χ0) is 33.2. The smallest absolute Gasteiger partial charge is 0.178 e. The number of ether oxygens (including phenoxy) is 3. The van der Waals surface area contributed by atoms with Gasteiger partial charge in [0.15, 0.2) is 5.60 Å². The van der Waals surface area contributed by atoms with Gasteiger partial charge in [0, 0.05) is 46.3 Å². The Hall–Kier alpha value is -4.54. The molecule has 1 spiro atoms. The van der Waals surface area contributed by atoms with Crippen LogP contribution < -0.4 is 14.4 Å². The standard InChI is InChI=1S/C45H43NO3/c1-42(2)26-43(3)28-44(27-42)36-13-9-8-12-34(36)38-33-19-18-32(47-4)24-35(33)41-39(40(38)44)37(43)25-45(49-41,29-10-6-5-7-11-29)30-14-16-31(17-15-30)46-20-22-48-23-21-46/h5-19,24-25H,20-23,26-28H2,1-4H3. The molecule has 5 aliphatic rings. The fraction of sp³-hybridized carbons (Fsp3) is 0.333. The van der Waals surface area contributed by atoms with Gasteiger partial charge in [-0.05, 0) is 99.7 Å². The molecule has 2 aliphatic heterocycles. The molecule has 4 heteroatoms. The van der Waals surface area contributed by atoms with Gasteiger partial charge in [-0.1, -0.05) is 87.5 Å². The van der Waals surface area contributed by atoms with Crippen LogP contribution in [0, 0.1) is 10.8 Å². The average Bonchev–Trinajstić information content (AvgIpc) is 3.39. The molecule has 10 rings (SSSR count). The number of hydrogen-bond donors (Lipinski definition) is 0. The van der Waals surface area contributed by atoms with Crippen molar-refractivity contribution in [2.45, 2.75) is 51.0 Å². The lowest BCUT2D eigenvalue weighted by Gasteiger charge is -2.59. The molecule has 5 aromatic carbocycles. The summed E-state index contributed by atoms with van der Waals surface area (Å²) in [6, 6.07) is 35.9. The first-order valence-electron chi connectivity index (χ1n) is 18.0. The number of allylic oxidation sites excluding steroid dienone is 1. The Labute approximate surface area is 289 Å². The van der Waals surface area contributed by atoms with Gasteiger partial charge < -0.3 is 19.1 Å². The molecule has 1 saturated heterocycles. The Morgan fingerprint density at radius 2 is 1.45 bits per heavy atom. The lowest BCUT2D eigenvalue weighted by Crippen LogP contribution is -2.50. The van der Waals surface area contributed by atoms with Crippen molar-refractivity contribution in [3.05, 3.63) is 131 Å². The normalized spacial score (nSPS) is 27.2. The van der Waals surface area contributed by atoms with Crippen molar-refractivity contribution in [1.29, 1.82) is 0 Å². The molecule has 0 aromatic heterocycles. The second-order valence-corrected chi connectivity index (χ2v) is 16.2. The van der Waals surface area contributed by atoms with E-state index in [-0.39, 0.29) is 16.2 Å². The van der Waals surface area contributed by atoms with Crippen molar-refractivity contribution in [2.75, 3.05) is 38.3 Å². The van der Waals surface area contributed by atoms with Crippen molar-refractivity contribution in [3.63, 3.8) is 0 Å². The number of rotatable bonds is 4. The quantitative estimate of drug-likeness (QED) is 0.195. The summed E-state index contributed by atoms with van der Waals surface area (Å²) >= 11 is 0. The Balaban J connectivity index is 1.31. The summed E-state index contributed by atoms with van der Waals surface area (Å²) in [5, 5.41) is 2.37. The number of hydrogen-bond acceptors (Lipinski definition) is 4. The van der Waals surface area contributed by atoms with E-state index in [0.29, 0.717) is 0 Å². The maximum atomic E-state index is 7.76. The number of nitrogens with zero attached hydrogens (tertiary/aromatic N) is 1. The molecule has 49 heavy (non-hydrogen) atoms. The predicted molar refractivity (Wildman–Crippen MR) is 198 cm³/mol. The van der Waals surface area contributed by atoms with Crippen LogP contribution in [0.4, 0.5) is 5.69 Å². The van der Waals surface area contributed by atoms with Crippen molar-refractivity contribution < 1.29 is 14.2 Å². The lowest BCUT2D eigenvalue weighted by atomic mass is 9.45. The van der Waals surface area contributed by atoms with Crippen LogP contribution in [-0.4, -0.2) is 33.4 Å². The molecule has 246 valence electrons. The van der Waals surface area contributed by atoms with Crippen LogP contribution in [0.5, 0.6) is 11.5 Å². The van der Waals surface area contributed by atoms with E-state index in [1.807, 2.05) is 0 Å². The Bertz CT molecular complexity index is 2200. The molecule has 0 N–H and O–H groups in total. The van der Waals surface area contributed by atoms with Gasteiger partial charge in [0.05, 0.1) is 20.3 Å². The van der Waals surface area contributed by atoms with Gasteiger partial charge in [-0.3, -0.25) is 0 Å². The molecular formula is C45H43NO3. The summed E-state index contributed by atoms with van der Waals surface area (Å²) < 4.78 is 19.3. The summed E-state index contributed by atoms with van der Waals surface area (Å²) in [4.78, 5) is 2.42. The number of methoxy groups -OCH3 is 1. The van der Waals surface area contributed by atoms with E-state index in [0.717, 1.165) is 73.6 Å². The minimum absolute atomic E-state index is 0.0533. The molecule has 0 amide bonds. The molecule has 3 unspecified atom stereocenters. The number of benzene rings is 5. The maximum absolute atomic E-state index is 7.76. The van der Waals surface area contributed by atoms with E-state index in [1.165, 1.54) is 44.5 Å². The first kappa shape index (κ1) is 29.4. The Kier molecular flexibility index (Phi) is 6.00. The molecule has 2 fully saturated rings. The minimum atomic E-state index is -0.812. The van der Waals surface area contributed by atoms with Gasteiger partial charge in [0.2, 0.25) is 0 Å². The van der Waals surface area contributed by atoms with Crippen LogP contribution in [0.1, 0.15) is 67.9 Å². The van der Waals surface area contributed by atoms with Gasteiger partial charge in [-0.15, -0.1) is 0 Å². The number of morpholine rings is 1. The highest BCUT2D eigenvalue weighted by atomic mass is 16.5. The summed E-state index contributed by atoms with van der Waals surface area (Å²) in [5.41, 5.74) is 11.3. The third-order valence-electron chi connectivity index (χ3n) is 12.4. The van der Waals surface area contributed by atoms with E-state index < -0.39 is 5.60 Å². The zero-order valence-electron chi connectivity index (χ0n) is 28.9. The first-order valence-corrected chi connectivity index (χ1v) is 18.0. The zero-order valence-corrected chi connectivity index (χ0v) is 28.9. The van der Waals surface area contributed by atoms with Crippen molar-refractivity contribution in [3.8, 4) is 22.6 Å². The van der Waals surface area contributed by atoms with E-state index >= 15 is 0 Å². The van der Waals surface area contributed by atoms with Gasteiger partial charge >= 0.3 is 0 Å². The highest BCUT2D eigenvalue weighted by molar-refractivity contribution is 6.11. The monoisotopic (exact) mass is 645 g/mol. The van der Waals surface area contributed by atoms with Crippen LogP contribution in [-0.2, 0) is 15.8 Å². The molecule has 2 heterocycles. The maximum Gasteiger partial charge on any atom is 0.178 e. The van der Waals surface area contributed by atoms with Crippen LogP contribution in [0.15, 0.2) is 103 Å². The van der Waals surface area contributed by atoms with Crippen molar-refractivity contribution in [1.82, 2.24) is 0 Å². The second kappa shape index (κ2) is 10.0. The minimum Gasteiger partial charge on any atom is -0.497 e. The summed E-state index contributed by atoms with van der Waals surface area (Å²) in [6.45, 7) is 10.9. The Morgan fingerprint density at radius 3 is 2.22 bits per heavy atom. The number of fused-ring (bicyclic) bond motifs is 7. The molecule has 4 nitrogen and oxygen atoms in total. The Morgan fingerprint density at radius 1 is 0.714 bits per heavy atom. The highest BCUT2D eigenvalue weighted by Crippen LogP contribution is 2.74. The summed E-state index contributed by atoms with van der Waals surface area (Å²) in [7, 11) is 1.76. The third kappa shape index (κ3) is 3.95. The van der Waals surface area contributed by atoms with Crippen molar-refractivity contribution in [2.24, 2.45) is 10.8 Å². The molecule has 2 bridgehead atoms. The highest BCUT2D eigenvalue weighted by Gasteiger charge is 2.62. The van der Waals surface area contributed by atoms with Crippen LogP contribution in [0.25, 0.3) is 27.5 Å². The second-order valence-electron chi connectivity index (χ2n) is 16.2. The lowest BCUT2D eigenvalue weighted by molar-refractivity contribution is 0.0771. The van der Waals surface area contributed by atoms with Gasteiger partial charge in [-0.2, -0.15) is 0 Å². The molecule has 5 aromatic rings. The largest absolute Gasteiger partial charge is 0.497 e. The van der Waals surface area contributed by atoms with Gasteiger partial charge in [-0.25, -0.2) is 0 Å². The summed E-state index contributed by atoms with van der Waals surface area (Å²) in [5.74, 6) is 1.84. The summed E-state index contributed by atoms with van der Waals surface area (Å²) in [6.07, 6.45) is 5.90. The van der Waals surface area contributed by atoms with E-state index in [9.17, 15) is 0 Å². The fourth-order valence-electron chi connectivity index (χ4n) is 11.0. The van der Waals surface area contributed by atoms with Crippen LogP contribution >= 0.6 is 0 Å². The molecule has 3 aliphatic carbocycles. The average molecular weight is 646 g/mol. The molecule has 0 radical (unpaired) electrons. The molecule has 1 saturated carbocycles. The van der Waals surface area contributed by atoms with E-state index in [4.69, 9.17) is 14.2 Å². The van der Waals surface area contributed by atoms with Gasteiger partial charge in [0.1, 0.15) is 11.5 Å². The van der Waals surface area contributed by atoms with Crippen molar-refractivity contribution >= 4 is 22.0 Å².